The third-order valence-corrected chi connectivity index (χ3v) is 4.75. The summed E-state index contributed by atoms with van der Waals surface area (Å²) in [5.74, 6) is 5.58. The number of aryl methyl sites for hydroxylation is 1. The van der Waals surface area contributed by atoms with Crippen molar-refractivity contribution in [3.63, 3.8) is 0 Å². The van der Waals surface area contributed by atoms with Crippen LogP contribution in [0.3, 0.4) is 0 Å². The molecule has 0 spiro atoms. The maximum absolute atomic E-state index is 14.4. The lowest BCUT2D eigenvalue weighted by atomic mass is 9.79. The first kappa shape index (κ1) is 14.6. The van der Waals surface area contributed by atoms with Gasteiger partial charge in [0, 0.05) is 23.4 Å². The number of rotatable bonds is 3. The number of halogens is 2. The van der Waals surface area contributed by atoms with Crippen molar-refractivity contribution in [1.82, 2.24) is 10.4 Å². The largest absolute Gasteiger partial charge is 0.271 e. The molecule has 2 unspecified atom stereocenters. The molecule has 0 bridgehead atoms. The molecule has 1 aromatic carbocycles. The molecule has 0 aliphatic heterocycles. The third-order valence-electron chi connectivity index (χ3n) is 4.14. The summed E-state index contributed by atoms with van der Waals surface area (Å²) < 4.78 is 14.9. The molecule has 110 valence electrons. The summed E-state index contributed by atoms with van der Waals surface area (Å²) in [6, 6.07) is 9.07. The van der Waals surface area contributed by atoms with Crippen LogP contribution in [-0.4, -0.2) is 4.98 Å². The highest BCUT2D eigenvalue weighted by Crippen LogP contribution is 2.40. The van der Waals surface area contributed by atoms with Gasteiger partial charge in [0.1, 0.15) is 5.82 Å². The Morgan fingerprint density at radius 2 is 2.19 bits per heavy atom. The summed E-state index contributed by atoms with van der Waals surface area (Å²) in [6.07, 6.45) is 4.84. The Morgan fingerprint density at radius 1 is 1.33 bits per heavy atom. The Morgan fingerprint density at radius 3 is 3.00 bits per heavy atom. The van der Waals surface area contributed by atoms with Crippen LogP contribution in [0, 0.1) is 5.82 Å². The van der Waals surface area contributed by atoms with E-state index >= 15 is 0 Å². The van der Waals surface area contributed by atoms with Gasteiger partial charge in [0.2, 0.25) is 0 Å². The fraction of sp³-hybridized carbons (Fsp3) is 0.312. The molecule has 0 radical (unpaired) electrons. The van der Waals surface area contributed by atoms with Gasteiger partial charge in [0.15, 0.2) is 0 Å². The maximum Gasteiger partial charge on any atom is 0.142 e. The number of benzene rings is 1. The minimum Gasteiger partial charge on any atom is -0.271 e. The fourth-order valence-corrected chi connectivity index (χ4v) is 3.53. The fourth-order valence-electron chi connectivity index (χ4n) is 3.15. The van der Waals surface area contributed by atoms with Crippen molar-refractivity contribution in [1.29, 1.82) is 0 Å². The number of hydrogen-bond donors (Lipinski definition) is 2. The van der Waals surface area contributed by atoms with Crippen LogP contribution in [0.15, 0.2) is 41.0 Å². The van der Waals surface area contributed by atoms with Crippen LogP contribution in [0.2, 0.25) is 0 Å². The summed E-state index contributed by atoms with van der Waals surface area (Å²) in [5.41, 5.74) is 5.65. The van der Waals surface area contributed by atoms with E-state index in [1.54, 1.807) is 18.3 Å². The van der Waals surface area contributed by atoms with E-state index in [4.69, 9.17) is 5.84 Å². The van der Waals surface area contributed by atoms with Gasteiger partial charge in [-0.1, -0.05) is 18.2 Å². The third kappa shape index (κ3) is 2.73. The van der Waals surface area contributed by atoms with Gasteiger partial charge in [-0.05, 0) is 52.9 Å². The van der Waals surface area contributed by atoms with Gasteiger partial charge >= 0.3 is 0 Å². The molecule has 1 heterocycles. The predicted molar refractivity (Wildman–Crippen MR) is 84.1 cm³/mol. The van der Waals surface area contributed by atoms with E-state index in [2.05, 4.69) is 32.4 Å². The van der Waals surface area contributed by atoms with E-state index in [9.17, 15) is 4.39 Å². The van der Waals surface area contributed by atoms with Crippen LogP contribution >= 0.6 is 15.9 Å². The molecule has 1 aliphatic rings. The molecule has 0 fully saturated rings. The smallest absolute Gasteiger partial charge is 0.142 e. The minimum absolute atomic E-state index is 0.0868. The van der Waals surface area contributed by atoms with Crippen LogP contribution in [0.5, 0.6) is 0 Å². The monoisotopic (exact) mass is 349 g/mol. The van der Waals surface area contributed by atoms with Crippen molar-refractivity contribution in [3.8, 4) is 0 Å². The van der Waals surface area contributed by atoms with E-state index in [0.29, 0.717) is 10.0 Å². The van der Waals surface area contributed by atoms with E-state index in [1.165, 1.54) is 5.56 Å². The van der Waals surface area contributed by atoms with Gasteiger partial charge in [0.25, 0.3) is 0 Å². The zero-order valence-corrected chi connectivity index (χ0v) is 13.1. The number of nitrogens with two attached hydrogens (primary N) is 1. The van der Waals surface area contributed by atoms with Gasteiger partial charge in [-0.3, -0.25) is 16.3 Å². The number of pyridine rings is 1. The summed E-state index contributed by atoms with van der Waals surface area (Å²) in [6.45, 7) is 0. The van der Waals surface area contributed by atoms with Crippen LogP contribution in [-0.2, 0) is 6.42 Å². The molecule has 2 atom stereocenters. The molecule has 3 nitrogen and oxygen atoms in total. The lowest BCUT2D eigenvalue weighted by molar-refractivity contribution is 0.387. The number of aromatic nitrogens is 1. The Labute approximate surface area is 131 Å². The second-order valence-electron chi connectivity index (χ2n) is 5.33. The van der Waals surface area contributed by atoms with Crippen molar-refractivity contribution >= 4 is 15.9 Å². The average Bonchev–Trinajstić information content (AvgIpc) is 2.52. The van der Waals surface area contributed by atoms with Crippen molar-refractivity contribution in [2.75, 3.05) is 0 Å². The molecule has 1 aliphatic carbocycles. The molecule has 3 rings (SSSR count). The Hall–Kier alpha value is -1.30. The molecule has 0 saturated heterocycles. The molecule has 3 N–H and O–H groups in total. The quantitative estimate of drug-likeness (QED) is 0.657. The van der Waals surface area contributed by atoms with E-state index in [0.717, 1.165) is 25.0 Å². The standard InChI is InChI=1S/C16H17BrFN3/c17-13-8-2-6-11(14(13)18)16(21-19)12-7-1-4-10-5-3-9-20-15(10)12/h2-3,5-6,8-9,12,16,21H,1,4,7,19H2. The number of hydrazine groups is 1. The first-order chi connectivity index (χ1) is 10.2. The van der Waals surface area contributed by atoms with E-state index < -0.39 is 0 Å². The zero-order valence-electron chi connectivity index (χ0n) is 11.5. The van der Waals surface area contributed by atoms with Crippen molar-refractivity contribution in [2.24, 2.45) is 5.84 Å². The highest BCUT2D eigenvalue weighted by molar-refractivity contribution is 9.10. The van der Waals surface area contributed by atoms with Crippen LogP contribution in [0.4, 0.5) is 4.39 Å². The summed E-state index contributed by atoms with van der Waals surface area (Å²) in [4.78, 5) is 4.52. The minimum atomic E-state index is -0.281. The number of hydrogen-bond acceptors (Lipinski definition) is 3. The van der Waals surface area contributed by atoms with Gasteiger partial charge in [-0.25, -0.2) is 4.39 Å². The van der Waals surface area contributed by atoms with Gasteiger partial charge in [0.05, 0.1) is 10.5 Å². The molecule has 2 aromatic rings. The molecule has 5 heteroatoms. The molecule has 0 amide bonds. The molecule has 21 heavy (non-hydrogen) atoms. The van der Waals surface area contributed by atoms with Crippen molar-refractivity contribution in [2.45, 2.75) is 31.2 Å². The highest BCUT2D eigenvalue weighted by Gasteiger charge is 2.31. The van der Waals surface area contributed by atoms with E-state index in [1.807, 2.05) is 12.1 Å². The van der Waals surface area contributed by atoms with E-state index in [-0.39, 0.29) is 17.8 Å². The van der Waals surface area contributed by atoms with Crippen LogP contribution in [0.25, 0.3) is 0 Å². The Balaban J connectivity index is 2.04. The zero-order chi connectivity index (χ0) is 14.8. The Bertz CT molecular complexity index is 647. The molecular formula is C16H17BrFN3. The first-order valence-corrected chi connectivity index (χ1v) is 7.85. The number of fused-ring (bicyclic) bond motifs is 1. The van der Waals surface area contributed by atoms with Crippen molar-refractivity contribution < 1.29 is 4.39 Å². The molecular weight excluding hydrogens is 333 g/mol. The molecule has 0 saturated carbocycles. The van der Waals surface area contributed by atoms with Crippen molar-refractivity contribution in [3.05, 3.63) is 63.6 Å². The lowest BCUT2D eigenvalue weighted by Crippen LogP contribution is -2.35. The first-order valence-electron chi connectivity index (χ1n) is 7.06. The highest BCUT2D eigenvalue weighted by atomic mass is 79.9. The summed E-state index contributed by atoms with van der Waals surface area (Å²) >= 11 is 3.24. The normalized spacial score (nSPS) is 19.1. The lowest BCUT2D eigenvalue weighted by Gasteiger charge is -2.31. The van der Waals surface area contributed by atoms with Gasteiger partial charge in [-0.15, -0.1) is 0 Å². The predicted octanol–water partition coefficient (Wildman–Crippen LogP) is 3.61. The SMILES string of the molecule is NNC(c1cccc(Br)c1F)C1CCCc2cccnc21. The topological polar surface area (TPSA) is 50.9 Å². The van der Waals surface area contributed by atoms with Gasteiger partial charge in [-0.2, -0.15) is 0 Å². The maximum atomic E-state index is 14.4. The summed E-state index contributed by atoms with van der Waals surface area (Å²) in [5, 5.41) is 0. The number of nitrogens with zero attached hydrogens (tertiary/aromatic N) is 1. The number of nitrogens with one attached hydrogen (secondary N) is 1. The van der Waals surface area contributed by atoms with Gasteiger partial charge < -0.3 is 0 Å². The molecule has 1 aromatic heterocycles. The second kappa shape index (κ2) is 6.22. The van der Waals surface area contributed by atoms with Crippen LogP contribution in [0.1, 0.15) is 41.6 Å². The Kier molecular flexibility index (Phi) is 4.33. The average molecular weight is 350 g/mol. The summed E-state index contributed by atoms with van der Waals surface area (Å²) in [7, 11) is 0. The van der Waals surface area contributed by atoms with Crippen LogP contribution < -0.4 is 11.3 Å². The second-order valence-corrected chi connectivity index (χ2v) is 6.19.